The number of carbonyl (C=O) groups excluding carboxylic acids is 1. The molecule has 4 aromatic rings. The molecule has 0 aliphatic carbocycles. The molecule has 0 saturated heterocycles. The molecule has 0 spiro atoms. The minimum atomic E-state index is -5.08. The maximum Gasteiger partial charge on any atom is 0.490 e. The lowest BCUT2D eigenvalue weighted by molar-refractivity contribution is -0.192. The standard InChI is InChI=1S/C25H24N4O.C2HF3O2/c30-25(14-20-9-5-8-19-6-1-3-10-23(19)20)29-13-12-28(17-22-15-26-18-27-22)24-11-4-2-7-21(24)16-29;3-2(4,5)1(6)7/h1-11,15,18H,12-14,16-17H2,(H,26,27);(H,6,7). The number of aliphatic carboxylic acids is 1. The van der Waals surface area contributed by atoms with Gasteiger partial charge in [-0.05, 0) is 28.0 Å². The van der Waals surface area contributed by atoms with Crippen molar-refractivity contribution in [1.82, 2.24) is 14.9 Å². The van der Waals surface area contributed by atoms with Crippen molar-refractivity contribution in [3.63, 3.8) is 0 Å². The van der Waals surface area contributed by atoms with Gasteiger partial charge in [0.05, 0.1) is 25.0 Å². The number of fused-ring (bicyclic) bond motifs is 2. The predicted octanol–water partition coefficient (Wildman–Crippen LogP) is 4.79. The number of nitrogens with zero attached hydrogens (tertiary/aromatic N) is 3. The van der Waals surface area contributed by atoms with E-state index in [9.17, 15) is 18.0 Å². The van der Waals surface area contributed by atoms with Crippen molar-refractivity contribution in [1.29, 1.82) is 0 Å². The quantitative estimate of drug-likeness (QED) is 0.412. The van der Waals surface area contributed by atoms with Gasteiger partial charge in [-0.3, -0.25) is 4.79 Å². The van der Waals surface area contributed by atoms with Crippen LogP contribution < -0.4 is 4.90 Å². The number of carboxylic acids is 1. The molecule has 10 heteroatoms. The number of hydrogen-bond donors (Lipinski definition) is 2. The lowest BCUT2D eigenvalue weighted by Crippen LogP contribution is -2.36. The molecule has 1 amide bonds. The van der Waals surface area contributed by atoms with Crippen LogP contribution in [-0.4, -0.2) is 51.1 Å². The average Bonchev–Trinajstić information content (AvgIpc) is 3.32. The molecule has 192 valence electrons. The van der Waals surface area contributed by atoms with Gasteiger partial charge in [-0.2, -0.15) is 13.2 Å². The van der Waals surface area contributed by atoms with Crippen LogP contribution in [0.4, 0.5) is 18.9 Å². The van der Waals surface area contributed by atoms with Crippen molar-refractivity contribution in [3.05, 3.63) is 96.1 Å². The van der Waals surface area contributed by atoms with Gasteiger partial charge in [0.2, 0.25) is 5.91 Å². The zero-order chi connectivity index (χ0) is 26.4. The minimum absolute atomic E-state index is 0.171. The summed E-state index contributed by atoms with van der Waals surface area (Å²) in [5.74, 6) is -2.59. The number of nitrogens with one attached hydrogen (secondary N) is 1. The maximum atomic E-state index is 13.3. The summed E-state index contributed by atoms with van der Waals surface area (Å²) in [4.78, 5) is 33.8. The summed E-state index contributed by atoms with van der Waals surface area (Å²) in [6.45, 7) is 2.88. The van der Waals surface area contributed by atoms with Crippen LogP contribution in [0.25, 0.3) is 10.8 Å². The number of aromatic nitrogens is 2. The van der Waals surface area contributed by atoms with Crippen molar-refractivity contribution in [2.45, 2.75) is 25.7 Å². The van der Waals surface area contributed by atoms with Gasteiger partial charge in [0.1, 0.15) is 0 Å². The Balaban J connectivity index is 0.000000405. The number of hydrogen-bond acceptors (Lipinski definition) is 4. The highest BCUT2D eigenvalue weighted by Crippen LogP contribution is 2.27. The molecule has 0 fully saturated rings. The third-order valence-electron chi connectivity index (χ3n) is 6.07. The topological polar surface area (TPSA) is 89.5 Å². The Bertz CT molecular complexity index is 1370. The Kier molecular flexibility index (Phi) is 7.76. The van der Waals surface area contributed by atoms with Gasteiger partial charge in [0.25, 0.3) is 0 Å². The third kappa shape index (κ3) is 6.46. The molecule has 2 N–H and O–H groups in total. The number of halogens is 3. The lowest BCUT2D eigenvalue weighted by atomic mass is 10.0. The summed E-state index contributed by atoms with van der Waals surface area (Å²) >= 11 is 0. The Morgan fingerprint density at radius 2 is 1.68 bits per heavy atom. The van der Waals surface area contributed by atoms with Crippen LogP contribution in [0.15, 0.2) is 79.3 Å². The van der Waals surface area contributed by atoms with E-state index in [1.54, 1.807) is 6.33 Å². The summed E-state index contributed by atoms with van der Waals surface area (Å²) in [6.07, 6.45) is -1.10. The fourth-order valence-electron chi connectivity index (χ4n) is 4.27. The maximum absolute atomic E-state index is 13.3. The van der Waals surface area contributed by atoms with Gasteiger partial charge in [-0.15, -0.1) is 0 Å². The first-order valence-electron chi connectivity index (χ1n) is 11.6. The van der Waals surface area contributed by atoms with E-state index in [0.717, 1.165) is 29.7 Å². The van der Waals surface area contributed by atoms with Crippen molar-refractivity contribution >= 4 is 28.3 Å². The zero-order valence-electron chi connectivity index (χ0n) is 19.8. The van der Waals surface area contributed by atoms with Gasteiger partial charge in [-0.25, -0.2) is 9.78 Å². The van der Waals surface area contributed by atoms with Gasteiger partial charge in [0.15, 0.2) is 0 Å². The SMILES string of the molecule is O=C(Cc1cccc2ccccc12)N1CCN(Cc2cnc[nH]2)c2ccccc2C1.O=C(O)C(F)(F)F. The lowest BCUT2D eigenvalue weighted by Gasteiger charge is -2.24. The molecule has 3 aromatic carbocycles. The van der Waals surface area contributed by atoms with Crippen LogP contribution >= 0.6 is 0 Å². The van der Waals surface area contributed by atoms with Crippen molar-refractivity contribution in [2.75, 3.05) is 18.0 Å². The highest BCUT2D eigenvalue weighted by Gasteiger charge is 2.38. The first kappa shape index (κ1) is 25.7. The van der Waals surface area contributed by atoms with Gasteiger partial charge in [0, 0.05) is 31.5 Å². The summed E-state index contributed by atoms with van der Waals surface area (Å²) in [6, 6.07) is 22.8. The Hall–Kier alpha value is -4.34. The van der Waals surface area contributed by atoms with Crippen molar-refractivity contribution in [2.24, 2.45) is 0 Å². The first-order valence-corrected chi connectivity index (χ1v) is 11.6. The highest BCUT2D eigenvalue weighted by atomic mass is 19.4. The van der Waals surface area contributed by atoms with Crippen LogP contribution in [0.5, 0.6) is 0 Å². The van der Waals surface area contributed by atoms with Gasteiger partial charge in [-0.1, -0.05) is 60.7 Å². The summed E-state index contributed by atoms with van der Waals surface area (Å²) in [7, 11) is 0. The van der Waals surface area contributed by atoms with E-state index in [4.69, 9.17) is 9.90 Å². The summed E-state index contributed by atoms with van der Waals surface area (Å²) in [5.41, 5.74) is 4.53. The van der Waals surface area contributed by atoms with Gasteiger partial charge >= 0.3 is 12.1 Å². The second kappa shape index (κ2) is 11.2. The van der Waals surface area contributed by atoms with Crippen molar-refractivity contribution < 1.29 is 27.9 Å². The van der Waals surface area contributed by atoms with E-state index in [1.807, 2.05) is 35.4 Å². The molecular weight excluding hydrogens is 485 g/mol. The molecule has 0 atom stereocenters. The van der Waals surface area contributed by atoms with E-state index >= 15 is 0 Å². The molecule has 37 heavy (non-hydrogen) atoms. The molecule has 1 aromatic heterocycles. The molecule has 1 aliphatic rings. The Morgan fingerprint density at radius 3 is 2.41 bits per heavy atom. The number of para-hydroxylation sites is 1. The fraction of sp³-hybridized carbons (Fsp3) is 0.222. The number of alkyl halides is 3. The molecular formula is C27H25F3N4O3. The van der Waals surface area contributed by atoms with Crippen LogP contribution in [0.1, 0.15) is 16.8 Å². The number of rotatable bonds is 4. The van der Waals surface area contributed by atoms with Crippen molar-refractivity contribution in [3.8, 4) is 0 Å². The molecule has 0 unspecified atom stereocenters. The molecule has 5 rings (SSSR count). The number of anilines is 1. The molecule has 0 saturated carbocycles. The molecule has 1 aliphatic heterocycles. The Labute approximate surface area is 211 Å². The number of carbonyl (C=O) groups is 2. The second-order valence-electron chi connectivity index (χ2n) is 8.56. The number of carboxylic acid groups (broad SMARTS) is 1. The highest BCUT2D eigenvalue weighted by molar-refractivity contribution is 5.90. The number of H-pyrrole nitrogens is 1. The molecule has 2 heterocycles. The monoisotopic (exact) mass is 510 g/mol. The molecule has 0 bridgehead atoms. The van der Waals surface area contributed by atoms with E-state index < -0.39 is 12.1 Å². The number of imidazole rings is 1. The predicted molar refractivity (Wildman–Crippen MR) is 133 cm³/mol. The second-order valence-corrected chi connectivity index (χ2v) is 8.56. The summed E-state index contributed by atoms with van der Waals surface area (Å²) in [5, 5.41) is 9.46. The summed E-state index contributed by atoms with van der Waals surface area (Å²) < 4.78 is 31.7. The van der Waals surface area contributed by atoms with E-state index in [0.29, 0.717) is 19.5 Å². The van der Waals surface area contributed by atoms with Gasteiger partial charge < -0.3 is 19.9 Å². The normalized spacial score (nSPS) is 13.4. The third-order valence-corrected chi connectivity index (χ3v) is 6.07. The largest absolute Gasteiger partial charge is 0.490 e. The van der Waals surface area contributed by atoms with E-state index in [2.05, 4.69) is 57.3 Å². The average molecular weight is 511 g/mol. The van der Waals surface area contributed by atoms with Crippen LogP contribution in [0, 0.1) is 0 Å². The van der Waals surface area contributed by atoms with Crippen LogP contribution in [0.3, 0.4) is 0 Å². The van der Waals surface area contributed by atoms with Crippen LogP contribution in [0.2, 0.25) is 0 Å². The minimum Gasteiger partial charge on any atom is -0.475 e. The first-order chi connectivity index (χ1) is 17.7. The van der Waals surface area contributed by atoms with E-state index in [1.165, 1.54) is 16.6 Å². The number of benzene rings is 3. The molecule has 0 radical (unpaired) electrons. The number of aromatic amines is 1. The zero-order valence-corrected chi connectivity index (χ0v) is 19.8. The van der Waals surface area contributed by atoms with Crippen LogP contribution in [-0.2, 0) is 29.1 Å². The smallest absolute Gasteiger partial charge is 0.475 e. The fourth-order valence-corrected chi connectivity index (χ4v) is 4.27. The molecule has 7 nitrogen and oxygen atoms in total. The Morgan fingerprint density at radius 1 is 0.973 bits per heavy atom. The van der Waals surface area contributed by atoms with E-state index in [-0.39, 0.29) is 5.91 Å². The number of amides is 1.